The van der Waals surface area contributed by atoms with Gasteiger partial charge < -0.3 is 19.3 Å². The molecular formula is C16H27NO4. The van der Waals surface area contributed by atoms with Crippen LogP contribution in [0.25, 0.3) is 0 Å². The quantitative estimate of drug-likeness (QED) is 0.711. The molecule has 1 rings (SSSR count). The maximum Gasteiger partial charge on any atom is 0.124 e. The van der Waals surface area contributed by atoms with Crippen molar-refractivity contribution in [1.29, 1.82) is 0 Å². The zero-order valence-electron chi connectivity index (χ0n) is 13.5. The topological polar surface area (TPSA) is 51.2 Å². The Labute approximate surface area is 127 Å². The fourth-order valence-corrected chi connectivity index (χ4v) is 2.19. The van der Waals surface area contributed by atoms with Gasteiger partial charge in [-0.25, -0.2) is 0 Å². The van der Waals surface area contributed by atoms with E-state index in [1.807, 2.05) is 25.1 Å². The summed E-state index contributed by atoms with van der Waals surface area (Å²) in [6, 6.07) is 5.83. The van der Waals surface area contributed by atoms with Crippen LogP contribution in [0, 0.1) is 6.92 Å². The van der Waals surface area contributed by atoms with Gasteiger partial charge in [0.05, 0.1) is 26.4 Å². The van der Waals surface area contributed by atoms with Gasteiger partial charge in [0.15, 0.2) is 0 Å². The van der Waals surface area contributed by atoms with Crippen LogP contribution >= 0.6 is 0 Å². The Hall–Kier alpha value is -1.14. The molecule has 0 saturated heterocycles. The van der Waals surface area contributed by atoms with Crippen LogP contribution in [0.15, 0.2) is 18.2 Å². The van der Waals surface area contributed by atoms with Crippen LogP contribution in [0.4, 0.5) is 0 Å². The minimum Gasteiger partial charge on any atom is -0.496 e. The fraction of sp³-hybridized carbons (Fsp3) is 0.625. The Kier molecular flexibility index (Phi) is 8.30. The first-order valence-electron chi connectivity index (χ1n) is 7.15. The minimum atomic E-state index is -0.603. The zero-order chi connectivity index (χ0) is 15.7. The van der Waals surface area contributed by atoms with Crippen molar-refractivity contribution >= 4 is 0 Å². The number of nitrogens with zero attached hydrogens (tertiary/aromatic N) is 1. The van der Waals surface area contributed by atoms with Crippen LogP contribution in [0.5, 0.6) is 5.75 Å². The van der Waals surface area contributed by atoms with Gasteiger partial charge in [0, 0.05) is 39.4 Å². The number of aliphatic hydroxyl groups is 1. The molecule has 0 bridgehead atoms. The normalized spacial score (nSPS) is 12.7. The van der Waals surface area contributed by atoms with Gasteiger partial charge in [0.2, 0.25) is 0 Å². The molecular weight excluding hydrogens is 270 g/mol. The molecule has 1 unspecified atom stereocenters. The lowest BCUT2D eigenvalue weighted by atomic mass is 10.0. The molecule has 1 atom stereocenters. The van der Waals surface area contributed by atoms with E-state index >= 15 is 0 Å². The highest BCUT2D eigenvalue weighted by molar-refractivity contribution is 5.38. The standard InChI is InChI=1S/C16H27NO4/c1-13-5-6-16(21-4)14(11-13)15(18)12-17(7-9-19-2)8-10-20-3/h5-6,11,15,18H,7-10,12H2,1-4H3. The summed E-state index contributed by atoms with van der Waals surface area (Å²) in [7, 11) is 4.97. The van der Waals surface area contributed by atoms with Gasteiger partial charge in [-0.15, -0.1) is 0 Å². The first-order valence-corrected chi connectivity index (χ1v) is 7.15. The van der Waals surface area contributed by atoms with Gasteiger partial charge in [-0.1, -0.05) is 11.6 Å². The van der Waals surface area contributed by atoms with E-state index in [9.17, 15) is 5.11 Å². The van der Waals surface area contributed by atoms with Crippen molar-refractivity contribution < 1.29 is 19.3 Å². The van der Waals surface area contributed by atoms with Crippen molar-refractivity contribution in [1.82, 2.24) is 4.90 Å². The van der Waals surface area contributed by atoms with Crippen LogP contribution in [0.2, 0.25) is 0 Å². The molecule has 0 aromatic heterocycles. The highest BCUT2D eigenvalue weighted by atomic mass is 16.5. The fourth-order valence-electron chi connectivity index (χ4n) is 2.19. The number of aryl methyl sites for hydroxylation is 1. The third-order valence-electron chi connectivity index (χ3n) is 3.40. The molecule has 1 aromatic carbocycles. The van der Waals surface area contributed by atoms with Crippen molar-refractivity contribution in [2.45, 2.75) is 13.0 Å². The summed E-state index contributed by atoms with van der Waals surface area (Å²) in [6.45, 7) is 5.29. The van der Waals surface area contributed by atoms with E-state index < -0.39 is 6.10 Å². The molecule has 0 radical (unpaired) electrons. The van der Waals surface area contributed by atoms with Gasteiger partial charge in [0.1, 0.15) is 5.75 Å². The van der Waals surface area contributed by atoms with Gasteiger partial charge >= 0.3 is 0 Å². The summed E-state index contributed by atoms with van der Waals surface area (Å²) in [5.74, 6) is 0.714. The lowest BCUT2D eigenvalue weighted by Gasteiger charge is -2.25. The predicted molar refractivity (Wildman–Crippen MR) is 82.9 cm³/mol. The monoisotopic (exact) mass is 297 g/mol. The summed E-state index contributed by atoms with van der Waals surface area (Å²) in [5, 5.41) is 10.5. The summed E-state index contributed by atoms with van der Waals surface area (Å²) >= 11 is 0. The van der Waals surface area contributed by atoms with E-state index in [0.717, 1.165) is 24.2 Å². The lowest BCUT2D eigenvalue weighted by molar-refractivity contribution is 0.0687. The highest BCUT2D eigenvalue weighted by Gasteiger charge is 2.17. The Morgan fingerprint density at radius 2 is 1.71 bits per heavy atom. The maximum atomic E-state index is 10.5. The second-order valence-corrected chi connectivity index (χ2v) is 5.05. The number of benzene rings is 1. The average Bonchev–Trinajstić information content (AvgIpc) is 2.49. The Balaban J connectivity index is 2.75. The number of hydrogen-bond acceptors (Lipinski definition) is 5. The van der Waals surface area contributed by atoms with E-state index in [0.29, 0.717) is 25.5 Å². The van der Waals surface area contributed by atoms with Crippen molar-refractivity contribution in [3.05, 3.63) is 29.3 Å². The van der Waals surface area contributed by atoms with Crippen LogP contribution in [0.1, 0.15) is 17.2 Å². The molecule has 1 N–H and O–H groups in total. The van der Waals surface area contributed by atoms with E-state index in [1.165, 1.54) is 0 Å². The first-order chi connectivity index (χ1) is 10.1. The Morgan fingerprint density at radius 1 is 1.10 bits per heavy atom. The molecule has 0 fully saturated rings. The number of methoxy groups -OCH3 is 3. The second-order valence-electron chi connectivity index (χ2n) is 5.05. The van der Waals surface area contributed by atoms with Crippen molar-refractivity contribution in [3.63, 3.8) is 0 Å². The molecule has 0 spiro atoms. The van der Waals surface area contributed by atoms with Crippen molar-refractivity contribution in [2.75, 3.05) is 54.2 Å². The van der Waals surface area contributed by atoms with Crippen LogP contribution in [-0.4, -0.2) is 64.2 Å². The van der Waals surface area contributed by atoms with Crippen LogP contribution < -0.4 is 4.74 Å². The number of aliphatic hydroxyl groups excluding tert-OH is 1. The molecule has 120 valence electrons. The minimum absolute atomic E-state index is 0.520. The zero-order valence-corrected chi connectivity index (χ0v) is 13.5. The number of rotatable bonds is 10. The number of ether oxygens (including phenoxy) is 3. The summed E-state index contributed by atoms with van der Waals surface area (Å²) in [6.07, 6.45) is -0.603. The molecule has 0 aliphatic rings. The van der Waals surface area contributed by atoms with Crippen LogP contribution in [0.3, 0.4) is 0 Å². The summed E-state index contributed by atoms with van der Waals surface area (Å²) < 4.78 is 15.6. The molecule has 0 aliphatic carbocycles. The van der Waals surface area contributed by atoms with Crippen molar-refractivity contribution in [3.8, 4) is 5.75 Å². The maximum absolute atomic E-state index is 10.5. The van der Waals surface area contributed by atoms with E-state index in [-0.39, 0.29) is 0 Å². The molecule has 5 heteroatoms. The largest absolute Gasteiger partial charge is 0.496 e. The van der Waals surface area contributed by atoms with E-state index in [4.69, 9.17) is 14.2 Å². The summed E-state index contributed by atoms with van der Waals surface area (Å²) in [5.41, 5.74) is 1.92. The van der Waals surface area contributed by atoms with Gasteiger partial charge in [-0.3, -0.25) is 4.90 Å². The molecule has 0 heterocycles. The molecule has 0 aliphatic heterocycles. The Morgan fingerprint density at radius 3 is 2.24 bits per heavy atom. The van der Waals surface area contributed by atoms with E-state index in [1.54, 1.807) is 21.3 Å². The molecule has 21 heavy (non-hydrogen) atoms. The van der Waals surface area contributed by atoms with Crippen molar-refractivity contribution in [2.24, 2.45) is 0 Å². The summed E-state index contributed by atoms with van der Waals surface area (Å²) in [4.78, 5) is 2.12. The molecule has 5 nitrogen and oxygen atoms in total. The first kappa shape index (κ1) is 17.9. The van der Waals surface area contributed by atoms with Gasteiger partial charge in [-0.2, -0.15) is 0 Å². The third kappa shape index (κ3) is 6.01. The average molecular weight is 297 g/mol. The molecule has 0 saturated carbocycles. The van der Waals surface area contributed by atoms with Gasteiger partial charge in [0.25, 0.3) is 0 Å². The smallest absolute Gasteiger partial charge is 0.124 e. The highest BCUT2D eigenvalue weighted by Crippen LogP contribution is 2.26. The number of hydrogen-bond donors (Lipinski definition) is 1. The van der Waals surface area contributed by atoms with Gasteiger partial charge in [-0.05, 0) is 19.1 Å². The molecule has 1 aromatic rings. The predicted octanol–water partition coefficient (Wildman–Crippen LogP) is 1.63. The Bertz CT molecular complexity index is 403. The van der Waals surface area contributed by atoms with Crippen LogP contribution in [-0.2, 0) is 9.47 Å². The third-order valence-corrected chi connectivity index (χ3v) is 3.40. The lowest BCUT2D eigenvalue weighted by Crippen LogP contribution is -2.34. The second kappa shape index (κ2) is 9.73. The SMILES string of the molecule is COCCN(CCOC)CC(O)c1cc(C)ccc1OC. The molecule has 0 amide bonds. The van der Waals surface area contributed by atoms with E-state index in [2.05, 4.69) is 4.90 Å².